The van der Waals surface area contributed by atoms with E-state index in [2.05, 4.69) is 15.5 Å². The van der Waals surface area contributed by atoms with E-state index in [-0.39, 0.29) is 5.91 Å². The first kappa shape index (κ1) is 19.4. The zero-order chi connectivity index (χ0) is 21.8. The highest BCUT2D eigenvalue weighted by atomic mass is 16.5. The van der Waals surface area contributed by atoms with Gasteiger partial charge in [-0.05, 0) is 66.7 Å². The second-order valence-corrected chi connectivity index (χ2v) is 7.09. The Balaban J connectivity index is 1.31. The first-order valence-corrected chi connectivity index (χ1v) is 10.1. The van der Waals surface area contributed by atoms with Gasteiger partial charge in [0.15, 0.2) is 5.82 Å². The lowest BCUT2D eigenvalue weighted by Crippen LogP contribution is -2.12. The van der Waals surface area contributed by atoms with Crippen molar-refractivity contribution in [2.75, 3.05) is 5.32 Å². The second kappa shape index (κ2) is 8.65. The van der Waals surface area contributed by atoms with Gasteiger partial charge in [-0.15, -0.1) is 0 Å². The number of rotatable bonds is 6. The summed E-state index contributed by atoms with van der Waals surface area (Å²) < 4.78 is 11.8. The maximum absolute atomic E-state index is 12.5. The molecule has 0 aliphatic heterocycles. The number of H-pyrrole nitrogens is 1. The predicted molar refractivity (Wildman–Crippen MR) is 124 cm³/mol. The smallest absolute Gasteiger partial charge is 0.256 e. The quantitative estimate of drug-likeness (QED) is 0.333. The normalized spacial score (nSPS) is 10.6. The largest absolute Gasteiger partial charge is 0.457 e. The molecule has 6 heteroatoms. The molecule has 0 saturated carbocycles. The van der Waals surface area contributed by atoms with E-state index in [0.717, 1.165) is 22.4 Å². The first-order chi connectivity index (χ1) is 15.7. The van der Waals surface area contributed by atoms with Crippen molar-refractivity contribution in [3.05, 3.63) is 109 Å². The number of carbonyl (C=O) groups excluding carboxylic acids is 1. The van der Waals surface area contributed by atoms with Gasteiger partial charge in [0.05, 0.1) is 5.52 Å². The van der Waals surface area contributed by atoms with Crippen LogP contribution in [-0.4, -0.2) is 16.1 Å². The summed E-state index contributed by atoms with van der Waals surface area (Å²) in [6.45, 7) is 0. The van der Waals surface area contributed by atoms with Crippen molar-refractivity contribution >= 4 is 22.6 Å². The number of fused-ring (bicyclic) bond motifs is 1. The van der Waals surface area contributed by atoms with Crippen molar-refractivity contribution in [3.63, 3.8) is 0 Å². The Morgan fingerprint density at radius 3 is 1.94 bits per heavy atom. The fourth-order valence-electron chi connectivity index (χ4n) is 3.26. The van der Waals surface area contributed by atoms with Crippen molar-refractivity contribution in [1.29, 1.82) is 0 Å². The summed E-state index contributed by atoms with van der Waals surface area (Å²) in [5.74, 6) is 3.02. The van der Waals surface area contributed by atoms with Gasteiger partial charge in [-0.1, -0.05) is 36.4 Å². The molecule has 1 heterocycles. The minimum Gasteiger partial charge on any atom is -0.457 e. The average molecular weight is 421 g/mol. The lowest BCUT2D eigenvalue weighted by molar-refractivity contribution is 0.102. The van der Waals surface area contributed by atoms with Gasteiger partial charge in [-0.25, -0.2) is 0 Å². The average Bonchev–Trinajstić information content (AvgIpc) is 3.23. The number of para-hydroxylation sites is 1. The fourth-order valence-corrected chi connectivity index (χ4v) is 3.26. The molecule has 5 rings (SSSR count). The third-order valence-corrected chi connectivity index (χ3v) is 4.84. The minimum absolute atomic E-state index is 0.223. The summed E-state index contributed by atoms with van der Waals surface area (Å²) in [6.07, 6.45) is 0. The summed E-state index contributed by atoms with van der Waals surface area (Å²) in [5.41, 5.74) is 1.36. The zero-order valence-corrected chi connectivity index (χ0v) is 17.0. The third-order valence-electron chi connectivity index (χ3n) is 4.84. The molecule has 0 bridgehead atoms. The molecule has 0 unspecified atom stereocenters. The van der Waals surface area contributed by atoms with Crippen LogP contribution in [-0.2, 0) is 0 Å². The Morgan fingerprint density at radius 2 is 1.25 bits per heavy atom. The van der Waals surface area contributed by atoms with Gasteiger partial charge in [0.1, 0.15) is 23.0 Å². The molecule has 0 saturated heterocycles. The lowest BCUT2D eigenvalue weighted by atomic mass is 10.2. The van der Waals surface area contributed by atoms with Crippen molar-refractivity contribution in [2.24, 2.45) is 0 Å². The van der Waals surface area contributed by atoms with E-state index in [1.54, 1.807) is 12.1 Å². The standard InChI is InChI=1S/C26H19N3O3/c30-26(18-7-3-1-4-8-18)27-25-23-17-22(15-16-24(23)28-29-25)32-21-13-11-20(12-14-21)31-19-9-5-2-6-10-19/h1-17H,(H2,27,28,29,30). The molecule has 4 aromatic carbocycles. The Labute approximate surface area is 184 Å². The molecule has 0 aliphatic rings. The molecule has 0 atom stereocenters. The molecule has 0 spiro atoms. The van der Waals surface area contributed by atoms with E-state index < -0.39 is 0 Å². The van der Waals surface area contributed by atoms with E-state index in [0.29, 0.717) is 22.9 Å². The van der Waals surface area contributed by atoms with Crippen LogP contribution in [0.1, 0.15) is 10.4 Å². The van der Waals surface area contributed by atoms with E-state index >= 15 is 0 Å². The number of aromatic nitrogens is 2. The van der Waals surface area contributed by atoms with Crippen LogP contribution < -0.4 is 14.8 Å². The maximum Gasteiger partial charge on any atom is 0.256 e. The SMILES string of the molecule is O=C(Nc1n[nH]c2ccc(Oc3ccc(Oc4ccccc4)cc3)cc12)c1ccccc1. The number of carbonyl (C=O) groups is 1. The number of hydrogen-bond acceptors (Lipinski definition) is 4. The van der Waals surface area contributed by atoms with E-state index in [4.69, 9.17) is 9.47 Å². The highest BCUT2D eigenvalue weighted by molar-refractivity contribution is 6.07. The first-order valence-electron chi connectivity index (χ1n) is 10.1. The molecule has 0 fully saturated rings. The Morgan fingerprint density at radius 1 is 0.688 bits per heavy atom. The number of nitrogens with zero attached hydrogens (tertiary/aromatic N) is 1. The molecule has 0 aliphatic carbocycles. The molecule has 5 aromatic rings. The van der Waals surface area contributed by atoms with Crippen LogP contribution in [0.3, 0.4) is 0 Å². The molecular weight excluding hydrogens is 402 g/mol. The van der Waals surface area contributed by atoms with Crippen LogP contribution in [0.5, 0.6) is 23.0 Å². The highest BCUT2D eigenvalue weighted by Gasteiger charge is 2.12. The number of nitrogens with one attached hydrogen (secondary N) is 2. The van der Waals surface area contributed by atoms with Gasteiger partial charge in [0.2, 0.25) is 0 Å². The summed E-state index contributed by atoms with van der Waals surface area (Å²) in [7, 11) is 0. The molecule has 0 radical (unpaired) electrons. The lowest BCUT2D eigenvalue weighted by Gasteiger charge is -2.09. The summed E-state index contributed by atoms with van der Waals surface area (Å²) in [5, 5.41) is 10.8. The summed E-state index contributed by atoms with van der Waals surface area (Å²) in [6, 6.07) is 31.5. The fraction of sp³-hybridized carbons (Fsp3) is 0. The van der Waals surface area contributed by atoms with Crippen molar-refractivity contribution < 1.29 is 14.3 Å². The van der Waals surface area contributed by atoms with Gasteiger partial charge >= 0.3 is 0 Å². The number of ether oxygens (including phenoxy) is 2. The third kappa shape index (κ3) is 4.29. The van der Waals surface area contributed by atoms with Gasteiger partial charge in [0.25, 0.3) is 5.91 Å². The Kier molecular flexibility index (Phi) is 5.24. The molecule has 1 aromatic heterocycles. The zero-order valence-electron chi connectivity index (χ0n) is 17.0. The van der Waals surface area contributed by atoms with Gasteiger partial charge in [0, 0.05) is 10.9 Å². The van der Waals surface area contributed by atoms with Crippen molar-refractivity contribution in [3.8, 4) is 23.0 Å². The summed E-state index contributed by atoms with van der Waals surface area (Å²) >= 11 is 0. The van der Waals surface area contributed by atoms with Crippen LogP contribution in [0, 0.1) is 0 Å². The topological polar surface area (TPSA) is 76.2 Å². The predicted octanol–water partition coefficient (Wildman–Crippen LogP) is 6.40. The van der Waals surface area contributed by atoms with Gasteiger partial charge in [-0.3, -0.25) is 9.89 Å². The number of aromatic amines is 1. The maximum atomic E-state index is 12.5. The van der Waals surface area contributed by atoms with Crippen LogP contribution in [0.2, 0.25) is 0 Å². The van der Waals surface area contributed by atoms with Crippen LogP contribution >= 0.6 is 0 Å². The molecular formula is C26H19N3O3. The number of anilines is 1. The Hall–Kier alpha value is -4.58. The van der Waals surface area contributed by atoms with E-state index in [9.17, 15) is 4.79 Å². The Bertz CT molecular complexity index is 1350. The summed E-state index contributed by atoms with van der Waals surface area (Å²) in [4.78, 5) is 12.5. The minimum atomic E-state index is -0.223. The molecule has 156 valence electrons. The monoisotopic (exact) mass is 421 g/mol. The second-order valence-electron chi connectivity index (χ2n) is 7.09. The van der Waals surface area contributed by atoms with Crippen LogP contribution in [0.15, 0.2) is 103 Å². The van der Waals surface area contributed by atoms with Crippen LogP contribution in [0.25, 0.3) is 10.9 Å². The molecule has 6 nitrogen and oxygen atoms in total. The molecule has 32 heavy (non-hydrogen) atoms. The number of amides is 1. The van der Waals surface area contributed by atoms with Crippen molar-refractivity contribution in [2.45, 2.75) is 0 Å². The highest BCUT2D eigenvalue weighted by Crippen LogP contribution is 2.30. The van der Waals surface area contributed by atoms with Crippen LogP contribution in [0.4, 0.5) is 5.82 Å². The number of benzene rings is 4. The molecule has 1 amide bonds. The van der Waals surface area contributed by atoms with E-state index in [1.807, 2.05) is 91.0 Å². The van der Waals surface area contributed by atoms with Gasteiger partial charge < -0.3 is 14.8 Å². The molecule has 2 N–H and O–H groups in total. The van der Waals surface area contributed by atoms with E-state index in [1.165, 1.54) is 0 Å². The van der Waals surface area contributed by atoms with Crippen molar-refractivity contribution in [1.82, 2.24) is 10.2 Å². The van der Waals surface area contributed by atoms with Gasteiger partial charge in [-0.2, -0.15) is 5.10 Å². The number of hydrogen-bond donors (Lipinski definition) is 2.